The van der Waals surface area contributed by atoms with Gasteiger partial charge in [-0.1, -0.05) is 31.5 Å². The number of nitrogens with zero attached hydrogens (tertiary/aromatic N) is 3. The van der Waals surface area contributed by atoms with Crippen LogP contribution in [0.15, 0.2) is 41.4 Å². The van der Waals surface area contributed by atoms with Crippen molar-refractivity contribution in [2.24, 2.45) is 17.3 Å². The molecular formula is C27H34N4O4S. The smallest absolute Gasteiger partial charge is 0.269 e. The van der Waals surface area contributed by atoms with E-state index >= 15 is 0 Å². The summed E-state index contributed by atoms with van der Waals surface area (Å²) in [6, 6.07) is 8.67. The molecule has 3 aromatic rings. The second kappa shape index (κ2) is 8.26. The lowest BCUT2D eigenvalue weighted by molar-refractivity contribution is -0.297. The standard InChI is InChI=1S/C27H34N4O4S/c1-17-5-7-21(8-6-17)36(32,33)31-10-9-22-24(28-4)29-23(30-25(22)31)18-11-19-13-27(14-20(19)12-18)34-15-26(2,3)16-35-27/h5-10,18-20H,11-16H2,1-4H3,(H,28,29,30)/t18?,19-,20+. The lowest BCUT2D eigenvalue weighted by Crippen LogP contribution is -2.46. The van der Waals surface area contributed by atoms with E-state index in [1.54, 1.807) is 24.4 Å². The van der Waals surface area contributed by atoms with Crippen LogP contribution >= 0.6 is 0 Å². The molecule has 3 aliphatic rings. The van der Waals surface area contributed by atoms with Gasteiger partial charge in [-0.2, -0.15) is 0 Å². The van der Waals surface area contributed by atoms with Gasteiger partial charge in [-0.3, -0.25) is 0 Å². The van der Waals surface area contributed by atoms with Crippen LogP contribution in [0.25, 0.3) is 11.0 Å². The Morgan fingerprint density at radius 1 is 1.00 bits per heavy atom. The zero-order valence-corrected chi connectivity index (χ0v) is 22.1. The number of ether oxygens (including phenoxy) is 2. The predicted octanol–water partition coefficient (Wildman–Crippen LogP) is 4.69. The number of aromatic nitrogens is 3. The van der Waals surface area contributed by atoms with Gasteiger partial charge in [0.2, 0.25) is 0 Å². The largest absolute Gasteiger partial charge is 0.372 e. The number of benzene rings is 1. The first-order valence-electron chi connectivity index (χ1n) is 12.8. The summed E-state index contributed by atoms with van der Waals surface area (Å²) in [5.74, 6) is 2.10. The number of fused-ring (bicyclic) bond motifs is 2. The zero-order valence-electron chi connectivity index (χ0n) is 21.3. The minimum absolute atomic E-state index is 0.0616. The minimum Gasteiger partial charge on any atom is -0.372 e. The molecule has 0 radical (unpaired) electrons. The van der Waals surface area contributed by atoms with Crippen LogP contribution in [0.1, 0.15) is 56.8 Å². The maximum Gasteiger partial charge on any atom is 0.269 e. The van der Waals surface area contributed by atoms with Crippen LogP contribution in [0.3, 0.4) is 0 Å². The monoisotopic (exact) mass is 510 g/mol. The average Bonchev–Trinajstić information content (AvgIpc) is 3.53. The van der Waals surface area contributed by atoms with E-state index in [1.807, 2.05) is 26.1 Å². The summed E-state index contributed by atoms with van der Waals surface area (Å²) in [7, 11) is -1.97. The van der Waals surface area contributed by atoms with E-state index in [0.717, 1.165) is 44.5 Å². The molecule has 1 spiro atoms. The van der Waals surface area contributed by atoms with Crippen molar-refractivity contribution in [3.05, 3.63) is 47.9 Å². The molecule has 36 heavy (non-hydrogen) atoms. The van der Waals surface area contributed by atoms with E-state index < -0.39 is 15.8 Å². The van der Waals surface area contributed by atoms with Gasteiger partial charge in [0.1, 0.15) is 11.6 Å². The van der Waals surface area contributed by atoms with Gasteiger partial charge in [0.25, 0.3) is 10.0 Å². The van der Waals surface area contributed by atoms with E-state index in [1.165, 1.54) is 3.97 Å². The fourth-order valence-corrected chi connectivity index (χ4v) is 7.47. The summed E-state index contributed by atoms with van der Waals surface area (Å²) in [4.78, 5) is 9.94. The summed E-state index contributed by atoms with van der Waals surface area (Å²) in [5, 5.41) is 3.85. The van der Waals surface area contributed by atoms with Gasteiger partial charge in [-0.15, -0.1) is 0 Å². The lowest BCUT2D eigenvalue weighted by Gasteiger charge is -2.42. The molecule has 3 fully saturated rings. The highest BCUT2D eigenvalue weighted by Crippen LogP contribution is 2.56. The van der Waals surface area contributed by atoms with E-state index in [9.17, 15) is 8.42 Å². The highest BCUT2D eigenvalue weighted by molar-refractivity contribution is 7.90. The van der Waals surface area contributed by atoms with Crippen LogP contribution in [0.2, 0.25) is 0 Å². The van der Waals surface area contributed by atoms with Crippen molar-refractivity contribution in [1.82, 2.24) is 13.9 Å². The topological polar surface area (TPSA) is 95.3 Å². The fourth-order valence-electron chi connectivity index (χ4n) is 6.18. The third-order valence-electron chi connectivity index (χ3n) is 8.15. The Labute approximate surface area is 212 Å². The van der Waals surface area contributed by atoms with Crippen LogP contribution in [0.4, 0.5) is 5.82 Å². The van der Waals surface area contributed by atoms with Gasteiger partial charge >= 0.3 is 0 Å². The first kappa shape index (κ1) is 23.9. The molecular weight excluding hydrogens is 476 g/mol. The highest BCUT2D eigenvalue weighted by Gasteiger charge is 2.54. The Morgan fingerprint density at radius 2 is 1.64 bits per heavy atom. The Balaban J connectivity index is 1.29. The van der Waals surface area contributed by atoms with E-state index in [-0.39, 0.29) is 16.2 Å². The van der Waals surface area contributed by atoms with E-state index in [4.69, 9.17) is 19.4 Å². The molecule has 3 atom stereocenters. The molecule has 0 amide bonds. The first-order valence-corrected chi connectivity index (χ1v) is 14.2. The molecule has 2 aromatic heterocycles. The third kappa shape index (κ3) is 3.92. The molecule has 192 valence electrons. The van der Waals surface area contributed by atoms with E-state index in [2.05, 4.69) is 19.2 Å². The molecule has 6 rings (SSSR count). The molecule has 1 aromatic carbocycles. The molecule has 8 nitrogen and oxygen atoms in total. The number of nitrogens with one attached hydrogen (secondary N) is 1. The van der Waals surface area contributed by atoms with Crippen molar-refractivity contribution in [3.63, 3.8) is 0 Å². The van der Waals surface area contributed by atoms with Crippen molar-refractivity contribution in [3.8, 4) is 0 Å². The molecule has 1 aliphatic heterocycles. The number of hydrogen-bond donors (Lipinski definition) is 1. The molecule has 2 aliphatic carbocycles. The van der Waals surface area contributed by atoms with Crippen LogP contribution in [0.5, 0.6) is 0 Å². The van der Waals surface area contributed by atoms with Gasteiger partial charge in [0.05, 0.1) is 23.5 Å². The number of hydrogen-bond acceptors (Lipinski definition) is 7. The molecule has 1 saturated heterocycles. The normalized spacial score (nSPS) is 26.9. The van der Waals surface area contributed by atoms with Gasteiger partial charge in [-0.25, -0.2) is 22.4 Å². The summed E-state index contributed by atoms with van der Waals surface area (Å²) in [5.41, 5.74) is 1.49. The van der Waals surface area contributed by atoms with E-state index in [0.29, 0.717) is 34.5 Å². The number of aryl methyl sites for hydroxylation is 1. The molecule has 1 unspecified atom stereocenters. The van der Waals surface area contributed by atoms with Gasteiger partial charge in [-0.05, 0) is 49.8 Å². The van der Waals surface area contributed by atoms with Gasteiger partial charge in [0, 0.05) is 37.4 Å². The zero-order chi connectivity index (χ0) is 25.3. The number of rotatable bonds is 4. The fraction of sp³-hybridized carbons (Fsp3) is 0.556. The average molecular weight is 511 g/mol. The molecule has 3 heterocycles. The molecule has 1 N–H and O–H groups in total. The second-order valence-corrected chi connectivity index (χ2v) is 13.4. The molecule has 0 bridgehead atoms. The SMILES string of the molecule is CNc1nc(C2C[C@@H]3CC4(C[C@@H]3C2)OCC(C)(C)CO4)nc2c1ccn2S(=O)(=O)c1ccc(C)cc1. The van der Waals surface area contributed by atoms with Crippen molar-refractivity contribution < 1.29 is 17.9 Å². The summed E-state index contributed by atoms with van der Waals surface area (Å²) >= 11 is 0. The van der Waals surface area contributed by atoms with Crippen LogP contribution in [0, 0.1) is 24.2 Å². The Hall–Kier alpha value is -2.49. The Kier molecular flexibility index (Phi) is 5.48. The van der Waals surface area contributed by atoms with Crippen molar-refractivity contribution >= 4 is 26.9 Å². The predicted molar refractivity (Wildman–Crippen MR) is 137 cm³/mol. The van der Waals surface area contributed by atoms with Crippen molar-refractivity contribution in [2.45, 2.75) is 63.1 Å². The van der Waals surface area contributed by atoms with Gasteiger partial charge < -0.3 is 14.8 Å². The summed E-state index contributed by atoms with van der Waals surface area (Å²) < 4.78 is 40.8. The quantitative estimate of drug-likeness (QED) is 0.544. The lowest BCUT2D eigenvalue weighted by atomic mass is 9.93. The minimum atomic E-state index is -3.78. The molecule has 9 heteroatoms. The first-order chi connectivity index (χ1) is 17.1. The maximum atomic E-state index is 13.5. The Bertz CT molecular complexity index is 1390. The third-order valence-corrected chi connectivity index (χ3v) is 9.83. The summed E-state index contributed by atoms with van der Waals surface area (Å²) in [6.45, 7) is 7.74. The van der Waals surface area contributed by atoms with Crippen molar-refractivity contribution in [2.75, 3.05) is 25.6 Å². The molecule has 2 saturated carbocycles. The van der Waals surface area contributed by atoms with Crippen LogP contribution in [-0.2, 0) is 19.5 Å². The van der Waals surface area contributed by atoms with Crippen LogP contribution < -0.4 is 5.32 Å². The van der Waals surface area contributed by atoms with Gasteiger partial charge in [0.15, 0.2) is 11.4 Å². The second-order valence-electron chi connectivity index (χ2n) is 11.6. The Morgan fingerprint density at radius 3 is 2.25 bits per heavy atom. The van der Waals surface area contributed by atoms with Crippen molar-refractivity contribution in [1.29, 1.82) is 0 Å². The van der Waals surface area contributed by atoms with Crippen LogP contribution in [-0.4, -0.2) is 48.4 Å². The summed E-state index contributed by atoms with van der Waals surface area (Å²) in [6.07, 6.45) is 5.31. The maximum absolute atomic E-state index is 13.5. The highest BCUT2D eigenvalue weighted by atomic mass is 32.2. The number of anilines is 1.